The van der Waals surface area contributed by atoms with Gasteiger partial charge in [0, 0.05) is 17.5 Å². The van der Waals surface area contributed by atoms with E-state index in [0.29, 0.717) is 41.8 Å². The second-order valence-electron chi connectivity index (χ2n) is 5.48. The van der Waals surface area contributed by atoms with Crippen molar-refractivity contribution in [1.82, 2.24) is 0 Å². The van der Waals surface area contributed by atoms with Gasteiger partial charge in [0.25, 0.3) is 0 Å². The molecule has 0 aromatic heterocycles. The van der Waals surface area contributed by atoms with E-state index in [2.05, 4.69) is 0 Å². The average molecular weight is 296 g/mol. The highest BCUT2D eigenvalue weighted by molar-refractivity contribution is 6.33. The van der Waals surface area contributed by atoms with Gasteiger partial charge in [0.1, 0.15) is 13.2 Å². The van der Waals surface area contributed by atoms with Crippen molar-refractivity contribution in [3.8, 4) is 11.5 Å². The Bertz CT molecular complexity index is 538. The van der Waals surface area contributed by atoms with Crippen molar-refractivity contribution in [3.05, 3.63) is 22.2 Å². The molecule has 1 aromatic rings. The zero-order valence-corrected chi connectivity index (χ0v) is 12.0. The number of fused-ring (bicyclic) bond motifs is 1. The molecule has 1 aromatic carbocycles. The smallest absolute Gasteiger partial charge is 0.173 e. The fraction of sp³-hybridized carbons (Fsp3) is 0.533. The normalized spacial score (nSPS) is 19.9. The minimum Gasteiger partial charge on any atom is -0.486 e. The van der Waals surface area contributed by atoms with Crippen LogP contribution in [0.3, 0.4) is 0 Å². The molecule has 0 amide bonds. The van der Waals surface area contributed by atoms with Gasteiger partial charge in [-0.3, -0.25) is 4.79 Å². The quantitative estimate of drug-likeness (QED) is 0.871. The van der Waals surface area contributed by atoms with Crippen molar-refractivity contribution in [1.29, 1.82) is 0 Å². The van der Waals surface area contributed by atoms with E-state index in [9.17, 15) is 4.79 Å². The summed E-state index contributed by atoms with van der Waals surface area (Å²) in [5.74, 6) is 1.14. The lowest BCUT2D eigenvalue weighted by Gasteiger charge is -2.33. The van der Waals surface area contributed by atoms with Crippen LogP contribution in [0.15, 0.2) is 6.07 Å². The molecule has 5 heteroatoms. The number of rotatable bonds is 3. The van der Waals surface area contributed by atoms with Crippen molar-refractivity contribution >= 4 is 17.9 Å². The van der Waals surface area contributed by atoms with Crippen molar-refractivity contribution < 1.29 is 14.3 Å². The van der Waals surface area contributed by atoms with Crippen molar-refractivity contribution in [2.75, 3.05) is 19.8 Å². The second-order valence-corrected chi connectivity index (χ2v) is 5.89. The van der Waals surface area contributed by atoms with Gasteiger partial charge < -0.3 is 15.2 Å². The van der Waals surface area contributed by atoms with E-state index in [1.54, 1.807) is 0 Å². The van der Waals surface area contributed by atoms with Gasteiger partial charge in [-0.25, -0.2) is 0 Å². The number of benzene rings is 1. The predicted molar refractivity (Wildman–Crippen MR) is 77.0 cm³/mol. The van der Waals surface area contributed by atoms with Crippen LogP contribution in [0.2, 0.25) is 5.02 Å². The molecule has 1 fully saturated rings. The molecular formula is C15H18ClNO3. The molecule has 2 aliphatic rings. The summed E-state index contributed by atoms with van der Waals surface area (Å²) in [4.78, 5) is 11.2. The van der Waals surface area contributed by atoms with Gasteiger partial charge in [0.05, 0.1) is 10.6 Å². The molecule has 3 rings (SSSR count). The molecule has 0 radical (unpaired) electrons. The number of halogens is 1. The summed E-state index contributed by atoms with van der Waals surface area (Å²) >= 11 is 6.26. The van der Waals surface area contributed by atoms with Crippen LogP contribution in [0.1, 0.15) is 41.6 Å². The Morgan fingerprint density at radius 1 is 1.25 bits per heavy atom. The lowest BCUT2D eigenvalue weighted by molar-refractivity contribution is 0.111. The van der Waals surface area contributed by atoms with Crippen LogP contribution < -0.4 is 15.2 Å². The molecule has 0 spiro atoms. The van der Waals surface area contributed by atoms with E-state index in [4.69, 9.17) is 26.8 Å². The van der Waals surface area contributed by atoms with Gasteiger partial charge in [-0.05, 0) is 18.9 Å². The summed E-state index contributed by atoms with van der Waals surface area (Å²) in [7, 11) is 0. The van der Waals surface area contributed by atoms with E-state index in [1.807, 2.05) is 6.07 Å². The number of hydrogen-bond donors (Lipinski definition) is 1. The van der Waals surface area contributed by atoms with Crippen LogP contribution in [-0.2, 0) is 5.41 Å². The molecule has 0 bridgehead atoms. The van der Waals surface area contributed by atoms with Gasteiger partial charge in [0.2, 0.25) is 0 Å². The fourth-order valence-electron chi connectivity index (χ4n) is 3.34. The molecule has 0 unspecified atom stereocenters. The molecule has 0 atom stereocenters. The van der Waals surface area contributed by atoms with Crippen LogP contribution in [0.5, 0.6) is 11.5 Å². The molecule has 108 valence electrons. The maximum absolute atomic E-state index is 11.2. The molecular weight excluding hydrogens is 278 g/mol. The first-order chi connectivity index (χ1) is 9.72. The summed E-state index contributed by atoms with van der Waals surface area (Å²) < 4.78 is 11.4. The number of ether oxygens (including phenoxy) is 2. The number of carbonyl (C=O) groups is 1. The summed E-state index contributed by atoms with van der Waals surface area (Å²) in [6.07, 6.45) is 5.08. The number of nitrogens with two attached hydrogens (primary N) is 1. The molecule has 20 heavy (non-hydrogen) atoms. The Morgan fingerprint density at radius 3 is 2.50 bits per heavy atom. The molecule has 1 heterocycles. The molecule has 1 aliphatic heterocycles. The summed E-state index contributed by atoms with van der Waals surface area (Å²) in [6.45, 7) is 1.48. The zero-order chi connectivity index (χ0) is 14.2. The molecule has 0 saturated heterocycles. The standard InChI is InChI=1S/C15H18ClNO3/c16-12-7-11(15(9-17)3-1-2-4-15)14-13(10(12)8-18)19-5-6-20-14/h7-8H,1-6,9,17H2. The maximum Gasteiger partial charge on any atom is 0.173 e. The monoisotopic (exact) mass is 295 g/mol. The van der Waals surface area contributed by atoms with Gasteiger partial charge in [0.15, 0.2) is 17.8 Å². The van der Waals surface area contributed by atoms with Crippen molar-refractivity contribution in [2.24, 2.45) is 5.73 Å². The van der Waals surface area contributed by atoms with E-state index >= 15 is 0 Å². The lowest BCUT2D eigenvalue weighted by atomic mass is 9.78. The summed E-state index contributed by atoms with van der Waals surface area (Å²) in [6, 6.07) is 1.84. The van der Waals surface area contributed by atoms with Gasteiger partial charge in [-0.2, -0.15) is 0 Å². The maximum atomic E-state index is 11.2. The molecule has 2 N–H and O–H groups in total. The van der Waals surface area contributed by atoms with E-state index in [1.165, 1.54) is 0 Å². The number of aldehydes is 1. The highest BCUT2D eigenvalue weighted by Crippen LogP contribution is 2.50. The lowest BCUT2D eigenvalue weighted by Crippen LogP contribution is -2.33. The Morgan fingerprint density at radius 2 is 1.90 bits per heavy atom. The topological polar surface area (TPSA) is 61.6 Å². The summed E-state index contributed by atoms with van der Waals surface area (Å²) in [5.41, 5.74) is 7.32. The van der Waals surface area contributed by atoms with Crippen LogP contribution in [0, 0.1) is 0 Å². The predicted octanol–water partition coefficient (Wildman–Crippen LogP) is 2.69. The Kier molecular flexibility index (Phi) is 3.61. The van der Waals surface area contributed by atoms with E-state index in [0.717, 1.165) is 37.5 Å². The Hall–Kier alpha value is -1.26. The first-order valence-electron chi connectivity index (χ1n) is 7.00. The third-order valence-electron chi connectivity index (χ3n) is 4.44. The third kappa shape index (κ3) is 1.98. The highest BCUT2D eigenvalue weighted by atomic mass is 35.5. The van der Waals surface area contributed by atoms with Crippen LogP contribution in [0.4, 0.5) is 0 Å². The van der Waals surface area contributed by atoms with Crippen LogP contribution in [-0.4, -0.2) is 26.0 Å². The van der Waals surface area contributed by atoms with Gasteiger partial charge >= 0.3 is 0 Å². The third-order valence-corrected chi connectivity index (χ3v) is 4.75. The molecule has 1 saturated carbocycles. The van der Waals surface area contributed by atoms with Gasteiger partial charge in [-0.1, -0.05) is 24.4 Å². The van der Waals surface area contributed by atoms with Crippen LogP contribution in [0.25, 0.3) is 0 Å². The average Bonchev–Trinajstić information content (AvgIpc) is 2.96. The van der Waals surface area contributed by atoms with Gasteiger partial charge in [-0.15, -0.1) is 0 Å². The fourth-order valence-corrected chi connectivity index (χ4v) is 3.58. The zero-order valence-electron chi connectivity index (χ0n) is 11.3. The summed E-state index contributed by atoms with van der Waals surface area (Å²) in [5, 5.41) is 0.416. The minimum atomic E-state index is -0.101. The highest BCUT2D eigenvalue weighted by Gasteiger charge is 2.39. The van der Waals surface area contributed by atoms with Crippen molar-refractivity contribution in [2.45, 2.75) is 31.1 Å². The first kappa shape index (κ1) is 13.7. The van der Waals surface area contributed by atoms with Crippen LogP contribution >= 0.6 is 11.6 Å². The Balaban J connectivity index is 2.20. The Labute approximate surface area is 123 Å². The van der Waals surface area contributed by atoms with E-state index < -0.39 is 0 Å². The van der Waals surface area contributed by atoms with E-state index in [-0.39, 0.29) is 5.41 Å². The SMILES string of the molecule is NCC1(c2cc(Cl)c(C=O)c3c2OCCO3)CCCC1. The molecule has 4 nitrogen and oxygen atoms in total. The minimum absolute atomic E-state index is 0.101. The molecule has 1 aliphatic carbocycles. The second kappa shape index (κ2) is 5.26. The largest absolute Gasteiger partial charge is 0.486 e. The van der Waals surface area contributed by atoms with Crippen molar-refractivity contribution in [3.63, 3.8) is 0 Å². The number of carbonyl (C=O) groups excluding carboxylic acids is 1. The first-order valence-corrected chi connectivity index (χ1v) is 7.37. The number of hydrogen-bond acceptors (Lipinski definition) is 4.